The minimum absolute atomic E-state index is 0.0340. The summed E-state index contributed by atoms with van der Waals surface area (Å²) in [6.45, 7) is 1.74. The van der Waals surface area contributed by atoms with Crippen LogP contribution >= 0.6 is 11.6 Å². The van der Waals surface area contributed by atoms with Crippen LogP contribution in [0.5, 0.6) is 5.75 Å². The summed E-state index contributed by atoms with van der Waals surface area (Å²) >= 11 is 6.27. The van der Waals surface area contributed by atoms with Gasteiger partial charge in [-0.1, -0.05) is 12.1 Å². The van der Waals surface area contributed by atoms with Gasteiger partial charge in [-0.05, 0) is 48.2 Å². The molecule has 2 fully saturated rings. The van der Waals surface area contributed by atoms with E-state index in [0.717, 1.165) is 48.9 Å². The largest absolute Gasteiger partial charge is 0.497 e. The van der Waals surface area contributed by atoms with Crippen LogP contribution in [0.2, 0.25) is 5.28 Å². The molecule has 28 heavy (non-hydrogen) atoms. The molecule has 5 rings (SSSR count). The summed E-state index contributed by atoms with van der Waals surface area (Å²) in [6, 6.07) is 10.4. The van der Waals surface area contributed by atoms with Gasteiger partial charge >= 0.3 is 0 Å². The van der Waals surface area contributed by atoms with Crippen LogP contribution in [-0.4, -0.2) is 42.4 Å². The lowest BCUT2D eigenvalue weighted by molar-refractivity contribution is 0.113. The lowest BCUT2D eigenvalue weighted by atomic mass is 10.1. The van der Waals surface area contributed by atoms with E-state index >= 15 is 0 Å². The van der Waals surface area contributed by atoms with Gasteiger partial charge in [-0.15, -0.1) is 0 Å². The second-order valence-corrected chi connectivity index (χ2v) is 7.53. The van der Waals surface area contributed by atoms with Crippen molar-refractivity contribution in [2.24, 2.45) is 0 Å². The zero-order valence-electron chi connectivity index (χ0n) is 15.6. The predicted molar refractivity (Wildman–Crippen MR) is 108 cm³/mol. The van der Waals surface area contributed by atoms with Gasteiger partial charge in [-0.25, -0.2) is 10.4 Å². The molecule has 2 aromatic rings. The summed E-state index contributed by atoms with van der Waals surface area (Å²) in [5.41, 5.74) is 4.56. The number of halogens is 1. The van der Waals surface area contributed by atoms with Crippen molar-refractivity contribution >= 4 is 23.2 Å². The number of benzene rings is 1. The highest BCUT2D eigenvalue weighted by atomic mass is 35.5. The number of hydrazine groups is 1. The van der Waals surface area contributed by atoms with Crippen molar-refractivity contribution in [3.63, 3.8) is 0 Å². The quantitative estimate of drug-likeness (QED) is 0.792. The molecule has 0 spiro atoms. The third-order valence-corrected chi connectivity index (χ3v) is 5.77. The standard InChI is InChI=1S/C20H22ClN5O2/c1-27-14-4-2-3-13(11-14)15-5-9-26(24-15)19-12-18(22-20(21)23-19)25-8-6-17-16(25)7-10-28-17/h2-5,9,11-12,15-17,24H,6-8,10H2,1H3. The number of nitrogens with one attached hydrogen (secondary N) is 1. The third-order valence-electron chi connectivity index (χ3n) is 5.60. The van der Waals surface area contributed by atoms with Crippen LogP contribution < -0.4 is 20.1 Å². The summed E-state index contributed by atoms with van der Waals surface area (Å²) in [5.74, 6) is 2.41. The zero-order valence-corrected chi connectivity index (χ0v) is 16.3. The number of ether oxygens (including phenoxy) is 2. The van der Waals surface area contributed by atoms with Gasteiger partial charge < -0.3 is 14.4 Å². The van der Waals surface area contributed by atoms with Crippen molar-refractivity contribution in [1.82, 2.24) is 15.4 Å². The van der Waals surface area contributed by atoms with Gasteiger partial charge in [0.05, 0.1) is 25.3 Å². The molecule has 2 saturated heterocycles. The highest BCUT2D eigenvalue weighted by Crippen LogP contribution is 2.34. The molecule has 0 amide bonds. The second-order valence-electron chi connectivity index (χ2n) is 7.20. The summed E-state index contributed by atoms with van der Waals surface area (Å²) < 4.78 is 11.1. The maximum Gasteiger partial charge on any atom is 0.226 e. The van der Waals surface area contributed by atoms with Crippen molar-refractivity contribution in [3.05, 3.63) is 53.5 Å². The van der Waals surface area contributed by atoms with Gasteiger partial charge in [0, 0.05) is 25.4 Å². The van der Waals surface area contributed by atoms with Gasteiger partial charge in [0.15, 0.2) is 5.82 Å². The Labute approximate surface area is 168 Å². The van der Waals surface area contributed by atoms with E-state index in [1.54, 1.807) is 7.11 Å². The van der Waals surface area contributed by atoms with Gasteiger partial charge in [-0.2, -0.15) is 4.98 Å². The molecular formula is C20H22ClN5O2. The van der Waals surface area contributed by atoms with Gasteiger partial charge in [0.2, 0.25) is 5.28 Å². The lowest BCUT2D eigenvalue weighted by Gasteiger charge is -2.25. The number of methoxy groups -OCH3 is 1. The number of anilines is 2. The van der Waals surface area contributed by atoms with E-state index in [2.05, 4.69) is 32.4 Å². The molecule has 3 atom stereocenters. The van der Waals surface area contributed by atoms with Crippen LogP contribution in [0, 0.1) is 0 Å². The summed E-state index contributed by atoms with van der Waals surface area (Å²) in [6.07, 6.45) is 6.42. The lowest BCUT2D eigenvalue weighted by Crippen LogP contribution is -2.34. The normalized spacial score (nSPS) is 26.1. The molecule has 4 heterocycles. The van der Waals surface area contributed by atoms with Crippen molar-refractivity contribution in [2.45, 2.75) is 31.0 Å². The summed E-state index contributed by atoms with van der Waals surface area (Å²) in [4.78, 5) is 11.2. The van der Waals surface area contributed by atoms with Crippen LogP contribution in [0.25, 0.3) is 0 Å². The molecule has 1 aromatic carbocycles. The number of nitrogens with zero attached hydrogens (tertiary/aromatic N) is 4. The first-order valence-corrected chi connectivity index (χ1v) is 9.89. The maximum absolute atomic E-state index is 6.27. The van der Waals surface area contributed by atoms with E-state index < -0.39 is 0 Å². The van der Waals surface area contributed by atoms with E-state index in [4.69, 9.17) is 21.1 Å². The smallest absolute Gasteiger partial charge is 0.226 e. The van der Waals surface area contributed by atoms with Gasteiger partial charge in [0.25, 0.3) is 0 Å². The predicted octanol–water partition coefficient (Wildman–Crippen LogP) is 3.09. The minimum Gasteiger partial charge on any atom is -0.497 e. The van der Waals surface area contributed by atoms with Crippen molar-refractivity contribution in [2.75, 3.05) is 30.2 Å². The second kappa shape index (κ2) is 7.24. The van der Waals surface area contributed by atoms with Crippen molar-refractivity contribution in [1.29, 1.82) is 0 Å². The molecule has 146 valence electrons. The zero-order chi connectivity index (χ0) is 19.1. The number of hydrogen-bond donors (Lipinski definition) is 1. The van der Waals surface area contributed by atoms with E-state index in [-0.39, 0.29) is 11.3 Å². The van der Waals surface area contributed by atoms with Crippen LogP contribution in [0.1, 0.15) is 24.4 Å². The third kappa shape index (κ3) is 3.19. The number of fused-ring (bicyclic) bond motifs is 1. The summed E-state index contributed by atoms with van der Waals surface area (Å²) in [5, 5.41) is 2.13. The SMILES string of the molecule is COc1cccc(C2C=CN(c3cc(N4CCC5OCCC54)nc(Cl)n3)N2)c1. The van der Waals surface area contributed by atoms with Gasteiger partial charge in [-0.3, -0.25) is 5.01 Å². The Morgan fingerprint density at radius 3 is 3.00 bits per heavy atom. The molecule has 3 unspecified atom stereocenters. The highest BCUT2D eigenvalue weighted by Gasteiger charge is 2.39. The number of hydrogen-bond acceptors (Lipinski definition) is 7. The first-order chi connectivity index (χ1) is 13.7. The maximum atomic E-state index is 6.27. The monoisotopic (exact) mass is 399 g/mol. The van der Waals surface area contributed by atoms with Crippen LogP contribution in [0.4, 0.5) is 11.6 Å². The van der Waals surface area contributed by atoms with Crippen molar-refractivity contribution < 1.29 is 9.47 Å². The molecule has 3 aliphatic heterocycles. The first-order valence-electron chi connectivity index (χ1n) is 9.52. The van der Waals surface area contributed by atoms with Crippen LogP contribution in [0.15, 0.2) is 42.6 Å². The Morgan fingerprint density at radius 2 is 2.11 bits per heavy atom. The van der Waals surface area contributed by atoms with Crippen LogP contribution in [-0.2, 0) is 4.74 Å². The van der Waals surface area contributed by atoms with E-state index in [9.17, 15) is 0 Å². The number of rotatable bonds is 4. The highest BCUT2D eigenvalue weighted by molar-refractivity contribution is 6.28. The Bertz CT molecular complexity index is 908. The topological polar surface area (TPSA) is 62.8 Å². The fourth-order valence-corrected chi connectivity index (χ4v) is 4.39. The number of aromatic nitrogens is 2. The van der Waals surface area contributed by atoms with Crippen molar-refractivity contribution in [3.8, 4) is 5.75 Å². The molecule has 0 radical (unpaired) electrons. The average molecular weight is 400 g/mol. The van der Waals surface area contributed by atoms with Gasteiger partial charge in [0.1, 0.15) is 11.6 Å². The fourth-order valence-electron chi connectivity index (χ4n) is 4.22. The molecule has 1 aromatic heterocycles. The fraction of sp³-hybridized carbons (Fsp3) is 0.400. The molecule has 8 heteroatoms. The van der Waals surface area contributed by atoms with E-state index in [1.165, 1.54) is 0 Å². The molecule has 7 nitrogen and oxygen atoms in total. The first kappa shape index (κ1) is 17.7. The summed E-state index contributed by atoms with van der Waals surface area (Å²) in [7, 11) is 1.67. The molecule has 0 aliphatic carbocycles. The minimum atomic E-state index is 0.0340. The Balaban J connectivity index is 1.37. The molecule has 0 bridgehead atoms. The molecule has 3 aliphatic rings. The Hall–Kier alpha value is -2.35. The Kier molecular flexibility index (Phi) is 4.58. The molecular weight excluding hydrogens is 378 g/mol. The average Bonchev–Trinajstić information content (AvgIpc) is 3.44. The van der Waals surface area contributed by atoms with E-state index in [0.29, 0.717) is 12.1 Å². The van der Waals surface area contributed by atoms with E-state index in [1.807, 2.05) is 35.5 Å². The molecule has 0 saturated carbocycles. The molecule has 1 N–H and O–H groups in total. The Morgan fingerprint density at radius 1 is 1.21 bits per heavy atom. The van der Waals surface area contributed by atoms with Crippen LogP contribution in [0.3, 0.4) is 0 Å².